The molecule has 0 atom stereocenters. The molecule has 3 heteroatoms. The van der Waals surface area contributed by atoms with Gasteiger partial charge in [-0.3, -0.25) is 0 Å². The second-order valence-electron chi connectivity index (χ2n) is 3.03. The fraction of sp³-hybridized carbons (Fsp3) is 0.273. The molecular formula is C11H13ClO2. The van der Waals surface area contributed by atoms with E-state index >= 15 is 0 Å². The van der Waals surface area contributed by atoms with Crippen LogP contribution in [0.2, 0.25) is 0 Å². The summed E-state index contributed by atoms with van der Waals surface area (Å²) in [5.74, 6) is 0.691. The molecule has 0 amide bonds. The molecule has 14 heavy (non-hydrogen) atoms. The maximum atomic E-state index is 9.07. The van der Waals surface area contributed by atoms with Crippen molar-refractivity contribution in [2.75, 3.05) is 6.61 Å². The number of hydrogen-bond donors (Lipinski definition) is 1. The summed E-state index contributed by atoms with van der Waals surface area (Å²) in [7, 11) is 0. The van der Waals surface area contributed by atoms with Crippen molar-refractivity contribution in [1.82, 2.24) is 0 Å². The maximum Gasteiger partial charge on any atom is 0.128 e. The molecule has 0 unspecified atom stereocenters. The Balaban J connectivity index is 2.87. The number of aliphatic hydroxyl groups is 1. The molecule has 0 aliphatic carbocycles. The lowest BCUT2D eigenvalue weighted by Gasteiger charge is -2.11. The SMILES string of the molecule is C=C(Cl)COc1c(C)cccc1CO. The number of halogens is 1. The van der Waals surface area contributed by atoms with Crippen LogP contribution in [-0.2, 0) is 6.61 Å². The molecule has 1 aromatic rings. The maximum absolute atomic E-state index is 9.07. The molecule has 1 N–H and O–H groups in total. The number of aliphatic hydroxyl groups excluding tert-OH is 1. The Bertz CT molecular complexity index is 334. The summed E-state index contributed by atoms with van der Waals surface area (Å²) >= 11 is 5.59. The number of benzene rings is 1. The fourth-order valence-corrected chi connectivity index (χ4v) is 1.25. The van der Waals surface area contributed by atoms with Crippen LogP contribution in [0.3, 0.4) is 0 Å². The van der Waals surface area contributed by atoms with Gasteiger partial charge in [-0.1, -0.05) is 36.4 Å². The number of aryl methyl sites for hydroxylation is 1. The van der Waals surface area contributed by atoms with E-state index in [0.717, 1.165) is 11.1 Å². The van der Waals surface area contributed by atoms with Crippen molar-refractivity contribution in [2.45, 2.75) is 13.5 Å². The highest BCUT2D eigenvalue weighted by atomic mass is 35.5. The smallest absolute Gasteiger partial charge is 0.128 e. The van der Waals surface area contributed by atoms with E-state index in [4.69, 9.17) is 21.4 Å². The molecule has 0 heterocycles. The van der Waals surface area contributed by atoms with Crippen LogP contribution in [-0.4, -0.2) is 11.7 Å². The molecule has 76 valence electrons. The lowest BCUT2D eigenvalue weighted by atomic mass is 10.1. The summed E-state index contributed by atoms with van der Waals surface area (Å²) in [5.41, 5.74) is 1.75. The molecular weight excluding hydrogens is 200 g/mol. The van der Waals surface area contributed by atoms with Crippen LogP contribution in [0.1, 0.15) is 11.1 Å². The molecule has 0 radical (unpaired) electrons. The minimum atomic E-state index is -0.0359. The minimum Gasteiger partial charge on any atom is -0.487 e. The van der Waals surface area contributed by atoms with Crippen molar-refractivity contribution in [3.05, 3.63) is 40.9 Å². The van der Waals surface area contributed by atoms with Gasteiger partial charge >= 0.3 is 0 Å². The summed E-state index contributed by atoms with van der Waals surface area (Å²) in [6, 6.07) is 5.62. The van der Waals surface area contributed by atoms with E-state index in [1.54, 1.807) is 0 Å². The Morgan fingerprint density at radius 1 is 1.57 bits per heavy atom. The first-order valence-corrected chi connectivity index (χ1v) is 4.68. The van der Waals surface area contributed by atoms with Gasteiger partial charge in [-0.25, -0.2) is 0 Å². The zero-order valence-corrected chi connectivity index (χ0v) is 8.84. The van der Waals surface area contributed by atoms with Gasteiger partial charge in [0.15, 0.2) is 0 Å². The number of hydrogen-bond acceptors (Lipinski definition) is 2. The van der Waals surface area contributed by atoms with Crippen LogP contribution in [0.4, 0.5) is 0 Å². The van der Waals surface area contributed by atoms with E-state index in [9.17, 15) is 0 Å². The predicted molar refractivity (Wildman–Crippen MR) is 57.6 cm³/mol. The van der Waals surface area contributed by atoms with Crippen molar-refractivity contribution in [1.29, 1.82) is 0 Å². The van der Waals surface area contributed by atoms with Crippen molar-refractivity contribution >= 4 is 11.6 Å². The van der Waals surface area contributed by atoms with Gasteiger partial charge in [0.1, 0.15) is 12.4 Å². The van der Waals surface area contributed by atoms with Crippen LogP contribution >= 0.6 is 11.6 Å². The largest absolute Gasteiger partial charge is 0.487 e. The van der Waals surface area contributed by atoms with E-state index in [1.165, 1.54) is 0 Å². The zero-order chi connectivity index (χ0) is 10.6. The van der Waals surface area contributed by atoms with Gasteiger partial charge in [0.2, 0.25) is 0 Å². The third-order valence-electron chi connectivity index (χ3n) is 1.84. The Hall–Kier alpha value is -0.990. The zero-order valence-electron chi connectivity index (χ0n) is 8.09. The van der Waals surface area contributed by atoms with Gasteiger partial charge in [-0.15, -0.1) is 0 Å². The Kier molecular flexibility index (Phi) is 3.98. The monoisotopic (exact) mass is 212 g/mol. The van der Waals surface area contributed by atoms with Gasteiger partial charge in [-0.2, -0.15) is 0 Å². The first-order valence-electron chi connectivity index (χ1n) is 4.30. The number of ether oxygens (including phenoxy) is 1. The van der Waals surface area contributed by atoms with Gasteiger partial charge in [0.25, 0.3) is 0 Å². The second-order valence-corrected chi connectivity index (χ2v) is 3.56. The summed E-state index contributed by atoms with van der Waals surface area (Å²) in [6.07, 6.45) is 0. The first-order chi connectivity index (χ1) is 6.65. The van der Waals surface area contributed by atoms with E-state index in [-0.39, 0.29) is 13.2 Å². The lowest BCUT2D eigenvalue weighted by Crippen LogP contribution is -2.01. The fourth-order valence-electron chi connectivity index (χ4n) is 1.19. The molecule has 0 saturated heterocycles. The normalized spacial score (nSPS) is 9.93. The first kappa shape index (κ1) is 11.1. The quantitative estimate of drug-likeness (QED) is 0.832. The lowest BCUT2D eigenvalue weighted by molar-refractivity contribution is 0.269. The highest BCUT2D eigenvalue weighted by Crippen LogP contribution is 2.23. The van der Waals surface area contributed by atoms with Gasteiger partial charge in [0.05, 0.1) is 6.61 Å². The highest BCUT2D eigenvalue weighted by molar-refractivity contribution is 6.29. The van der Waals surface area contributed by atoms with Crippen molar-refractivity contribution in [3.8, 4) is 5.75 Å². The van der Waals surface area contributed by atoms with E-state index in [0.29, 0.717) is 10.8 Å². The average Bonchev–Trinajstić information content (AvgIpc) is 2.15. The summed E-state index contributed by atoms with van der Waals surface area (Å²) < 4.78 is 5.43. The molecule has 1 rings (SSSR count). The average molecular weight is 213 g/mol. The van der Waals surface area contributed by atoms with E-state index in [1.807, 2.05) is 25.1 Å². The van der Waals surface area contributed by atoms with Crippen LogP contribution in [0.25, 0.3) is 0 Å². The summed E-state index contributed by atoms with van der Waals surface area (Å²) in [4.78, 5) is 0. The Morgan fingerprint density at radius 3 is 2.86 bits per heavy atom. The van der Waals surface area contributed by atoms with E-state index in [2.05, 4.69) is 6.58 Å². The van der Waals surface area contributed by atoms with Crippen molar-refractivity contribution < 1.29 is 9.84 Å². The van der Waals surface area contributed by atoms with Crippen LogP contribution < -0.4 is 4.74 Å². The topological polar surface area (TPSA) is 29.5 Å². The molecule has 0 bridgehead atoms. The minimum absolute atomic E-state index is 0.0359. The highest BCUT2D eigenvalue weighted by Gasteiger charge is 2.05. The third-order valence-corrected chi connectivity index (χ3v) is 1.95. The van der Waals surface area contributed by atoms with Crippen LogP contribution in [0.15, 0.2) is 29.8 Å². The van der Waals surface area contributed by atoms with Gasteiger partial charge in [0, 0.05) is 10.6 Å². The molecule has 0 aliphatic rings. The molecule has 0 saturated carbocycles. The standard InChI is InChI=1S/C11H13ClO2/c1-8-4-3-5-10(6-13)11(8)14-7-9(2)12/h3-5,13H,2,6-7H2,1H3. The Morgan fingerprint density at radius 2 is 2.29 bits per heavy atom. The molecule has 0 aromatic heterocycles. The van der Waals surface area contributed by atoms with Gasteiger partial charge in [-0.05, 0) is 12.5 Å². The summed E-state index contributed by atoms with van der Waals surface area (Å²) in [5, 5.41) is 9.51. The van der Waals surface area contributed by atoms with E-state index < -0.39 is 0 Å². The van der Waals surface area contributed by atoms with Crippen LogP contribution in [0, 0.1) is 6.92 Å². The molecule has 0 spiro atoms. The molecule has 2 nitrogen and oxygen atoms in total. The second kappa shape index (κ2) is 5.03. The van der Waals surface area contributed by atoms with Crippen molar-refractivity contribution in [3.63, 3.8) is 0 Å². The third kappa shape index (κ3) is 2.76. The predicted octanol–water partition coefficient (Wildman–Crippen LogP) is 2.62. The number of rotatable bonds is 4. The van der Waals surface area contributed by atoms with Crippen LogP contribution in [0.5, 0.6) is 5.75 Å². The molecule has 0 aliphatic heterocycles. The molecule has 0 fully saturated rings. The Labute approximate surface area is 88.8 Å². The summed E-state index contributed by atoms with van der Waals surface area (Å²) in [6.45, 7) is 5.68. The van der Waals surface area contributed by atoms with Gasteiger partial charge < -0.3 is 9.84 Å². The number of para-hydroxylation sites is 1. The molecule has 1 aromatic carbocycles. The van der Waals surface area contributed by atoms with Crippen molar-refractivity contribution in [2.24, 2.45) is 0 Å².